The Hall–Kier alpha value is -3.37. The number of rotatable bonds is 4. The number of benzene rings is 2. The normalized spacial score (nSPS) is 15.8. The van der Waals surface area contributed by atoms with Crippen LogP contribution in [0, 0.1) is 25.5 Å². The van der Waals surface area contributed by atoms with Crippen LogP contribution in [0.1, 0.15) is 23.7 Å². The van der Waals surface area contributed by atoms with Crippen LogP contribution in [0.3, 0.4) is 0 Å². The SMILES string of the molecule is CC(=O)N(c1nc(/C=C2\SC(=Nc3c(C)cccc3C)NC2=O)cs1)c1ccc(F)cc1F. The van der Waals surface area contributed by atoms with Gasteiger partial charge in [0.05, 0.1) is 22.0 Å². The molecule has 1 aromatic heterocycles. The first-order chi connectivity index (χ1) is 15.7. The van der Waals surface area contributed by atoms with Crippen LogP contribution in [0.4, 0.5) is 25.3 Å². The van der Waals surface area contributed by atoms with Gasteiger partial charge in [-0.2, -0.15) is 0 Å². The van der Waals surface area contributed by atoms with Crippen molar-refractivity contribution in [3.05, 3.63) is 75.1 Å². The average molecular weight is 485 g/mol. The summed E-state index contributed by atoms with van der Waals surface area (Å²) in [5.74, 6) is -2.41. The molecule has 2 aromatic carbocycles. The lowest BCUT2D eigenvalue weighted by Crippen LogP contribution is -2.23. The maximum atomic E-state index is 14.3. The lowest BCUT2D eigenvalue weighted by Gasteiger charge is -2.18. The van der Waals surface area contributed by atoms with E-state index in [-0.39, 0.29) is 16.7 Å². The molecule has 33 heavy (non-hydrogen) atoms. The smallest absolute Gasteiger partial charge is 0.264 e. The Balaban J connectivity index is 1.61. The predicted octanol–water partition coefficient (Wildman–Crippen LogP) is 5.61. The summed E-state index contributed by atoms with van der Waals surface area (Å²) in [6.07, 6.45) is 1.58. The number of nitrogens with zero attached hydrogens (tertiary/aromatic N) is 3. The highest BCUT2D eigenvalue weighted by Crippen LogP contribution is 2.34. The fraction of sp³-hybridized carbons (Fsp3) is 0.130. The van der Waals surface area contributed by atoms with Gasteiger partial charge in [-0.1, -0.05) is 18.2 Å². The Kier molecular flexibility index (Phi) is 6.39. The van der Waals surface area contributed by atoms with Crippen LogP contribution in [0.5, 0.6) is 0 Å². The number of para-hydroxylation sites is 1. The van der Waals surface area contributed by atoms with Gasteiger partial charge in [0.25, 0.3) is 5.91 Å². The zero-order valence-corrected chi connectivity index (χ0v) is 19.5. The van der Waals surface area contributed by atoms with Crippen LogP contribution in [-0.4, -0.2) is 22.0 Å². The number of hydrogen-bond acceptors (Lipinski definition) is 6. The van der Waals surface area contributed by atoms with E-state index in [2.05, 4.69) is 15.3 Å². The molecule has 1 N–H and O–H groups in total. The molecule has 0 unspecified atom stereocenters. The van der Waals surface area contributed by atoms with Crippen LogP contribution in [0.2, 0.25) is 0 Å². The van der Waals surface area contributed by atoms with Crippen molar-refractivity contribution in [3.63, 3.8) is 0 Å². The second-order valence-corrected chi connectivity index (χ2v) is 9.09. The molecule has 0 aliphatic carbocycles. The molecule has 0 atom stereocenters. The van der Waals surface area contributed by atoms with E-state index in [0.29, 0.717) is 21.8 Å². The molecule has 168 valence electrons. The largest absolute Gasteiger partial charge is 0.300 e. The van der Waals surface area contributed by atoms with Gasteiger partial charge in [0.1, 0.15) is 11.6 Å². The molecule has 0 bridgehead atoms. The second-order valence-electron chi connectivity index (χ2n) is 7.23. The number of hydrogen-bond donors (Lipinski definition) is 1. The molecule has 3 aromatic rings. The van der Waals surface area contributed by atoms with Crippen molar-refractivity contribution in [1.29, 1.82) is 0 Å². The molecule has 0 radical (unpaired) electrons. The number of aromatic nitrogens is 1. The predicted molar refractivity (Wildman–Crippen MR) is 128 cm³/mol. The maximum Gasteiger partial charge on any atom is 0.264 e. The van der Waals surface area contributed by atoms with Gasteiger partial charge in [0, 0.05) is 18.4 Å². The van der Waals surface area contributed by atoms with E-state index < -0.39 is 17.5 Å². The number of carbonyl (C=O) groups excluding carboxylic acids is 2. The molecule has 10 heteroatoms. The van der Waals surface area contributed by atoms with Crippen molar-refractivity contribution in [2.45, 2.75) is 20.8 Å². The summed E-state index contributed by atoms with van der Waals surface area (Å²) in [5.41, 5.74) is 3.12. The van der Waals surface area contributed by atoms with E-state index in [1.165, 1.54) is 24.8 Å². The molecule has 1 saturated heterocycles. The van der Waals surface area contributed by atoms with Crippen molar-refractivity contribution in [2.75, 3.05) is 4.90 Å². The number of thioether (sulfide) groups is 1. The first-order valence-corrected chi connectivity index (χ1v) is 11.5. The van der Waals surface area contributed by atoms with Gasteiger partial charge in [0.15, 0.2) is 10.3 Å². The van der Waals surface area contributed by atoms with Gasteiger partial charge in [-0.25, -0.2) is 18.8 Å². The van der Waals surface area contributed by atoms with Crippen LogP contribution < -0.4 is 10.2 Å². The lowest BCUT2D eigenvalue weighted by atomic mass is 10.1. The average Bonchev–Trinajstić information content (AvgIpc) is 3.33. The Morgan fingerprint density at radius 3 is 2.58 bits per heavy atom. The van der Waals surface area contributed by atoms with E-state index in [4.69, 9.17) is 0 Å². The Morgan fingerprint density at radius 1 is 1.18 bits per heavy atom. The first-order valence-electron chi connectivity index (χ1n) is 9.80. The lowest BCUT2D eigenvalue weighted by molar-refractivity contribution is -0.116. The number of amidine groups is 1. The number of nitrogens with one attached hydrogen (secondary N) is 1. The summed E-state index contributed by atoms with van der Waals surface area (Å²) < 4.78 is 27.6. The number of aliphatic imine (C=N–C) groups is 1. The molecular formula is C23H18F2N4O2S2. The zero-order chi connectivity index (χ0) is 23.7. The number of amides is 2. The molecule has 1 aliphatic heterocycles. The summed E-state index contributed by atoms with van der Waals surface area (Å²) in [6.45, 7) is 5.16. The van der Waals surface area contributed by atoms with Crippen LogP contribution in [-0.2, 0) is 9.59 Å². The van der Waals surface area contributed by atoms with Crippen molar-refractivity contribution < 1.29 is 18.4 Å². The van der Waals surface area contributed by atoms with E-state index in [1.54, 1.807) is 11.5 Å². The van der Waals surface area contributed by atoms with Gasteiger partial charge in [-0.3, -0.25) is 14.5 Å². The fourth-order valence-corrected chi connectivity index (χ4v) is 4.86. The monoisotopic (exact) mass is 484 g/mol. The minimum Gasteiger partial charge on any atom is -0.300 e. The second kappa shape index (κ2) is 9.24. The van der Waals surface area contributed by atoms with E-state index >= 15 is 0 Å². The molecule has 0 saturated carbocycles. The number of thiazole rings is 1. The van der Waals surface area contributed by atoms with Gasteiger partial charge >= 0.3 is 0 Å². The summed E-state index contributed by atoms with van der Waals surface area (Å²) in [5, 5.41) is 5.05. The van der Waals surface area contributed by atoms with Crippen molar-refractivity contribution in [2.24, 2.45) is 4.99 Å². The Morgan fingerprint density at radius 2 is 1.91 bits per heavy atom. The topological polar surface area (TPSA) is 74.7 Å². The number of anilines is 2. The highest BCUT2D eigenvalue weighted by atomic mass is 32.2. The van der Waals surface area contributed by atoms with Gasteiger partial charge in [-0.05, 0) is 54.9 Å². The van der Waals surface area contributed by atoms with Crippen molar-refractivity contribution in [3.8, 4) is 0 Å². The highest BCUT2D eigenvalue weighted by Gasteiger charge is 2.26. The number of carbonyl (C=O) groups is 2. The molecule has 1 aliphatic rings. The zero-order valence-electron chi connectivity index (χ0n) is 17.8. The third-order valence-corrected chi connectivity index (χ3v) is 6.50. The molecule has 0 spiro atoms. The summed E-state index contributed by atoms with van der Waals surface area (Å²) >= 11 is 2.29. The molecule has 2 heterocycles. The van der Waals surface area contributed by atoms with E-state index in [0.717, 1.165) is 39.1 Å². The van der Waals surface area contributed by atoms with Gasteiger partial charge in [-0.15, -0.1) is 11.3 Å². The van der Waals surface area contributed by atoms with Crippen LogP contribution in [0.25, 0.3) is 6.08 Å². The van der Waals surface area contributed by atoms with Crippen LogP contribution in [0.15, 0.2) is 51.7 Å². The standard InChI is InChI=1S/C23H18F2N4O2S2/c1-12-5-4-6-13(2)20(12)27-22-28-21(31)19(33-22)10-16-11-32-23(26-16)29(14(3)30)18-8-7-15(24)9-17(18)25/h4-11H,1-3H3,(H,27,28,31)/b19-10-. The third-order valence-electron chi connectivity index (χ3n) is 4.75. The molecule has 4 rings (SSSR count). The molecular weight excluding hydrogens is 466 g/mol. The Labute approximate surface area is 197 Å². The summed E-state index contributed by atoms with van der Waals surface area (Å²) in [7, 11) is 0. The number of aryl methyl sites for hydroxylation is 2. The highest BCUT2D eigenvalue weighted by molar-refractivity contribution is 8.18. The quantitative estimate of drug-likeness (QED) is 0.488. The first kappa shape index (κ1) is 22.8. The molecule has 1 fully saturated rings. The van der Waals surface area contributed by atoms with Crippen molar-refractivity contribution in [1.82, 2.24) is 10.3 Å². The minimum absolute atomic E-state index is 0.103. The van der Waals surface area contributed by atoms with E-state index in [9.17, 15) is 18.4 Å². The van der Waals surface area contributed by atoms with Gasteiger partial charge in [0.2, 0.25) is 5.91 Å². The summed E-state index contributed by atoms with van der Waals surface area (Å²) in [6, 6.07) is 8.81. The van der Waals surface area contributed by atoms with Gasteiger partial charge < -0.3 is 5.32 Å². The molecule has 2 amide bonds. The third kappa shape index (κ3) is 4.86. The van der Waals surface area contributed by atoms with Crippen molar-refractivity contribution >= 4 is 62.7 Å². The Bertz CT molecular complexity index is 1310. The molecule has 6 nitrogen and oxygen atoms in total. The maximum absolute atomic E-state index is 14.3. The number of halogens is 2. The fourth-order valence-electron chi connectivity index (χ4n) is 3.21. The summed E-state index contributed by atoms with van der Waals surface area (Å²) in [4.78, 5) is 35.0. The van der Waals surface area contributed by atoms with Crippen LogP contribution >= 0.6 is 23.1 Å². The van der Waals surface area contributed by atoms with E-state index in [1.807, 2.05) is 32.0 Å². The minimum atomic E-state index is -0.876.